The summed E-state index contributed by atoms with van der Waals surface area (Å²) in [6.07, 6.45) is 0.754. The zero-order chi connectivity index (χ0) is 13.1. The predicted octanol–water partition coefficient (Wildman–Crippen LogP) is -0.983. The maximum atomic E-state index is 11.5. The Kier molecular flexibility index (Phi) is 4.11. The monoisotopic (exact) mass is 251 g/mol. The van der Waals surface area contributed by atoms with E-state index in [1.807, 2.05) is 0 Å². The molecule has 3 N–H and O–H groups in total. The lowest BCUT2D eigenvalue weighted by molar-refractivity contribution is 0.113. The number of hydrogen-bond donors (Lipinski definition) is 2. The molecule has 1 atom stereocenters. The molecule has 0 amide bonds. The first kappa shape index (κ1) is 13.2. The number of nitrogens with zero attached hydrogens (tertiary/aromatic N) is 3. The molecular formula is C12H21N5O. The molecular weight excluding hydrogens is 230 g/mol. The van der Waals surface area contributed by atoms with Crippen LogP contribution in [0, 0.1) is 0 Å². The van der Waals surface area contributed by atoms with Crippen LogP contribution in [0.15, 0.2) is 10.9 Å². The molecule has 0 radical (unpaired) electrons. The van der Waals surface area contributed by atoms with Gasteiger partial charge in [0.1, 0.15) is 5.82 Å². The molecule has 100 valence electrons. The fourth-order valence-electron chi connectivity index (χ4n) is 2.31. The minimum Gasteiger partial charge on any atom is -0.325 e. The maximum absolute atomic E-state index is 11.5. The molecule has 0 aromatic carbocycles. The Labute approximate surface area is 107 Å². The number of rotatable bonds is 3. The third kappa shape index (κ3) is 3.16. The van der Waals surface area contributed by atoms with E-state index in [1.165, 1.54) is 6.07 Å². The second kappa shape index (κ2) is 5.60. The van der Waals surface area contributed by atoms with E-state index >= 15 is 0 Å². The molecule has 2 heterocycles. The van der Waals surface area contributed by atoms with E-state index in [0.717, 1.165) is 31.9 Å². The van der Waals surface area contributed by atoms with Crippen molar-refractivity contribution in [3.8, 4) is 0 Å². The average Bonchev–Trinajstić information content (AvgIpc) is 2.33. The SMILES string of the molecule is CN1CCN(C)C(Cc2nc(CN)cc(=O)[nH]2)C1. The largest absolute Gasteiger partial charge is 0.325 e. The highest BCUT2D eigenvalue weighted by Crippen LogP contribution is 2.09. The molecule has 1 aromatic rings. The molecule has 1 fully saturated rings. The first-order valence-corrected chi connectivity index (χ1v) is 6.26. The van der Waals surface area contributed by atoms with Gasteiger partial charge in [0, 0.05) is 44.7 Å². The Morgan fingerprint density at radius 1 is 1.50 bits per heavy atom. The van der Waals surface area contributed by atoms with Crippen LogP contribution in [-0.2, 0) is 13.0 Å². The number of H-pyrrole nitrogens is 1. The predicted molar refractivity (Wildman–Crippen MR) is 70.4 cm³/mol. The molecule has 18 heavy (non-hydrogen) atoms. The van der Waals surface area contributed by atoms with E-state index in [9.17, 15) is 4.79 Å². The minimum atomic E-state index is -0.118. The summed E-state index contributed by atoms with van der Waals surface area (Å²) in [5.74, 6) is 0.732. The van der Waals surface area contributed by atoms with Crippen LogP contribution in [0.3, 0.4) is 0 Å². The van der Waals surface area contributed by atoms with Gasteiger partial charge in [0.25, 0.3) is 5.56 Å². The summed E-state index contributed by atoms with van der Waals surface area (Å²) in [6, 6.07) is 1.85. The quantitative estimate of drug-likeness (QED) is 0.722. The number of nitrogens with one attached hydrogen (secondary N) is 1. The molecule has 1 saturated heterocycles. The van der Waals surface area contributed by atoms with E-state index in [4.69, 9.17) is 5.73 Å². The first-order valence-electron chi connectivity index (χ1n) is 6.26. The van der Waals surface area contributed by atoms with Crippen LogP contribution >= 0.6 is 0 Å². The molecule has 1 aliphatic heterocycles. The van der Waals surface area contributed by atoms with Crippen LogP contribution in [0.1, 0.15) is 11.5 Å². The zero-order valence-electron chi connectivity index (χ0n) is 11.0. The first-order chi connectivity index (χ1) is 8.58. The average molecular weight is 251 g/mol. The Balaban J connectivity index is 2.12. The van der Waals surface area contributed by atoms with E-state index < -0.39 is 0 Å². The fourth-order valence-corrected chi connectivity index (χ4v) is 2.31. The smallest absolute Gasteiger partial charge is 0.251 e. The third-order valence-corrected chi connectivity index (χ3v) is 3.46. The van der Waals surface area contributed by atoms with Gasteiger partial charge in [0.05, 0.1) is 5.69 Å². The molecule has 2 rings (SSSR count). The van der Waals surface area contributed by atoms with Gasteiger partial charge in [0.2, 0.25) is 0 Å². The molecule has 1 aromatic heterocycles. The van der Waals surface area contributed by atoms with Gasteiger partial charge in [-0.25, -0.2) is 4.98 Å². The molecule has 0 aliphatic carbocycles. The Bertz CT molecular complexity index is 458. The summed E-state index contributed by atoms with van der Waals surface area (Å²) in [5.41, 5.74) is 6.07. The van der Waals surface area contributed by atoms with Gasteiger partial charge in [-0.1, -0.05) is 0 Å². The van der Waals surface area contributed by atoms with Crippen LogP contribution in [0.4, 0.5) is 0 Å². The van der Waals surface area contributed by atoms with Crippen molar-refractivity contribution in [2.45, 2.75) is 19.0 Å². The Morgan fingerprint density at radius 2 is 2.28 bits per heavy atom. The number of hydrogen-bond acceptors (Lipinski definition) is 5. The van der Waals surface area contributed by atoms with E-state index in [2.05, 4.69) is 33.9 Å². The van der Waals surface area contributed by atoms with Crippen molar-refractivity contribution in [2.24, 2.45) is 5.73 Å². The minimum absolute atomic E-state index is 0.118. The van der Waals surface area contributed by atoms with Crippen molar-refractivity contribution in [2.75, 3.05) is 33.7 Å². The molecule has 0 bridgehead atoms. The number of piperazine rings is 1. The molecule has 6 heteroatoms. The summed E-state index contributed by atoms with van der Waals surface area (Å²) >= 11 is 0. The Hall–Kier alpha value is -1.24. The second-order valence-corrected chi connectivity index (χ2v) is 4.99. The summed E-state index contributed by atoms with van der Waals surface area (Å²) in [6.45, 7) is 3.42. The lowest BCUT2D eigenvalue weighted by Crippen LogP contribution is -2.51. The lowest BCUT2D eigenvalue weighted by atomic mass is 10.1. The van der Waals surface area contributed by atoms with Crippen LogP contribution < -0.4 is 11.3 Å². The Morgan fingerprint density at radius 3 is 3.00 bits per heavy atom. The molecule has 6 nitrogen and oxygen atoms in total. The van der Waals surface area contributed by atoms with Crippen LogP contribution in [0.2, 0.25) is 0 Å². The van der Waals surface area contributed by atoms with Crippen LogP contribution in [0.5, 0.6) is 0 Å². The molecule has 1 aliphatic rings. The van der Waals surface area contributed by atoms with Gasteiger partial charge in [-0.2, -0.15) is 0 Å². The van der Waals surface area contributed by atoms with E-state index in [0.29, 0.717) is 18.3 Å². The van der Waals surface area contributed by atoms with Crippen molar-refractivity contribution in [3.05, 3.63) is 27.9 Å². The highest BCUT2D eigenvalue weighted by Gasteiger charge is 2.23. The molecule has 0 spiro atoms. The van der Waals surface area contributed by atoms with Gasteiger partial charge in [-0.05, 0) is 14.1 Å². The van der Waals surface area contributed by atoms with Crippen LogP contribution in [0.25, 0.3) is 0 Å². The second-order valence-electron chi connectivity index (χ2n) is 4.99. The number of nitrogens with two attached hydrogens (primary N) is 1. The van der Waals surface area contributed by atoms with E-state index in [1.54, 1.807) is 0 Å². The zero-order valence-corrected chi connectivity index (χ0v) is 11.0. The van der Waals surface area contributed by atoms with Crippen molar-refractivity contribution in [1.82, 2.24) is 19.8 Å². The van der Waals surface area contributed by atoms with Crippen molar-refractivity contribution < 1.29 is 0 Å². The van der Waals surface area contributed by atoms with Gasteiger partial charge >= 0.3 is 0 Å². The summed E-state index contributed by atoms with van der Waals surface area (Å²) < 4.78 is 0. The summed E-state index contributed by atoms with van der Waals surface area (Å²) in [7, 11) is 4.23. The number of likely N-dealkylation sites (N-methyl/N-ethyl adjacent to an activating group) is 2. The highest BCUT2D eigenvalue weighted by molar-refractivity contribution is 5.04. The maximum Gasteiger partial charge on any atom is 0.251 e. The number of aromatic nitrogens is 2. The van der Waals surface area contributed by atoms with Crippen LogP contribution in [-0.4, -0.2) is 59.5 Å². The number of aromatic amines is 1. The van der Waals surface area contributed by atoms with E-state index in [-0.39, 0.29) is 5.56 Å². The normalized spacial score (nSPS) is 22.3. The van der Waals surface area contributed by atoms with Gasteiger partial charge in [-0.3, -0.25) is 4.79 Å². The fraction of sp³-hybridized carbons (Fsp3) is 0.667. The summed E-state index contributed by atoms with van der Waals surface area (Å²) in [4.78, 5) is 23.3. The van der Waals surface area contributed by atoms with Crippen molar-refractivity contribution in [1.29, 1.82) is 0 Å². The van der Waals surface area contributed by atoms with Gasteiger partial charge in [-0.15, -0.1) is 0 Å². The summed E-state index contributed by atoms with van der Waals surface area (Å²) in [5, 5.41) is 0. The van der Waals surface area contributed by atoms with Crippen molar-refractivity contribution in [3.63, 3.8) is 0 Å². The molecule has 0 saturated carbocycles. The van der Waals surface area contributed by atoms with Gasteiger partial charge in [0.15, 0.2) is 0 Å². The topological polar surface area (TPSA) is 78.2 Å². The highest BCUT2D eigenvalue weighted by atomic mass is 16.1. The van der Waals surface area contributed by atoms with Crippen molar-refractivity contribution >= 4 is 0 Å². The lowest BCUT2D eigenvalue weighted by Gasteiger charge is -2.37. The standard InChI is InChI=1S/C12H21N5O/c1-16-3-4-17(2)10(8-16)6-11-14-9(7-13)5-12(18)15-11/h5,10H,3-4,6-8,13H2,1-2H3,(H,14,15,18). The molecule has 1 unspecified atom stereocenters. The van der Waals surface area contributed by atoms with Gasteiger partial charge < -0.3 is 20.5 Å². The third-order valence-electron chi connectivity index (χ3n) is 3.46.